The SMILES string of the molecule is Cn1c(Cc2ccc(C(=N)N)cc2)nc2cc(C(=O)C3(CC(=O)O)CCCCC3)ccc21. The van der Waals surface area contributed by atoms with Gasteiger partial charge < -0.3 is 15.4 Å². The molecule has 0 spiro atoms. The van der Waals surface area contributed by atoms with Gasteiger partial charge in [-0.25, -0.2) is 4.98 Å². The van der Waals surface area contributed by atoms with Crippen LogP contribution in [0.2, 0.25) is 0 Å². The molecule has 0 aliphatic heterocycles. The molecule has 0 bridgehead atoms. The molecule has 166 valence electrons. The number of benzene rings is 2. The number of fused-ring (bicyclic) bond motifs is 1. The van der Waals surface area contributed by atoms with E-state index in [0.717, 1.165) is 41.7 Å². The molecule has 0 unspecified atom stereocenters. The minimum absolute atomic E-state index is 0.0371. The number of aliphatic carboxylic acids is 1. The number of nitrogen functional groups attached to an aromatic ring is 1. The maximum Gasteiger partial charge on any atom is 0.304 e. The van der Waals surface area contributed by atoms with Crippen molar-refractivity contribution in [3.8, 4) is 0 Å². The third-order valence-corrected chi connectivity index (χ3v) is 6.64. The second-order valence-electron chi connectivity index (χ2n) is 8.82. The molecular formula is C25H28N4O3. The summed E-state index contributed by atoms with van der Waals surface area (Å²) in [6.45, 7) is 0. The molecule has 3 aromatic rings. The van der Waals surface area contributed by atoms with E-state index in [9.17, 15) is 14.7 Å². The van der Waals surface area contributed by atoms with Crippen molar-refractivity contribution in [3.63, 3.8) is 0 Å². The van der Waals surface area contributed by atoms with Gasteiger partial charge in [0.1, 0.15) is 11.7 Å². The van der Waals surface area contributed by atoms with E-state index in [1.165, 1.54) is 0 Å². The highest BCUT2D eigenvalue weighted by Crippen LogP contribution is 2.42. The quantitative estimate of drug-likeness (QED) is 0.295. The van der Waals surface area contributed by atoms with Crippen LogP contribution in [-0.4, -0.2) is 32.2 Å². The highest BCUT2D eigenvalue weighted by Gasteiger charge is 2.41. The molecule has 7 heteroatoms. The summed E-state index contributed by atoms with van der Waals surface area (Å²) in [5, 5.41) is 17.0. The zero-order valence-corrected chi connectivity index (χ0v) is 18.2. The van der Waals surface area contributed by atoms with Crippen molar-refractivity contribution in [2.45, 2.75) is 44.9 Å². The number of imidazole rings is 1. The average molecular weight is 433 g/mol. The van der Waals surface area contributed by atoms with Gasteiger partial charge in [-0.15, -0.1) is 0 Å². The van der Waals surface area contributed by atoms with Crippen molar-refractivity contribution >= 4 is 28.6 Å². The van der Waals surface area contributed by atoms with Gasteiger partial charge in [0.05, 0.1) is 17.5 Å². The number of carbonyl (C=O) groups excluding carboxylic acids is 1. The van der Waals surface area contributed by atoms with E-state index in [1.807, 2.05) is 41.9 Å². The molecule has 7 nitrogen and oxygen atoms in total. The molecule has 0 amide bonds. The Morgan fingerprint density at radius 2 is 1.75 bits per heavy atom. The molecule has 1 fully saturated rings. The van der Waals surface area contributed by atoms with Crippen molar-refractivity contribution in [2.24, 2.45) is 18.2 Å². The first-order valence-electron chi connectivity index (χ1n) is 10.9. The standard InChI is InChI=1S/C25H28N4O3/c1-29-20-10-9-18(23(32)25(15-22(30)31)11-3-2-4-12-25)14-19(20)28-21(29)13-16-5-7-17(8-6-16)24(26)27/h5-10,14H,2-4,11-13,15H2,1H3,(H3,26,27)(H,30,31). The largest absolute Gasteiger partial charge is 0.481 e. The number of carboxylic acid groups (broad SMARTS) is 1. The molecule has 4 N–H and O–H groups in total. The Balaban J connectivity index is 1.63. The topological polar surface area (TPSA) is 122 Å². The Bertz CT molecular complexity index is 1190. The monoisotopic (exact) mass is 432 g/mol. The number of aromatic nitrogens is 2. The number of hydrogen-bond donors (Lipinski definition) is 3. The van der Waals surface area contributed by atoms with Gasteiger partial charge in [-0.2, -0.15) is 0 Å². The number of ketones is 1. The maximum atomic E-state index is 13.4. The zero-order valence-electron chi connectivity index (χ0n) is 18.2. The molecule has 1 aromatic heterocycles. The van der Waals surface area contributed by atoms with Crippen LogP contribution in [0.1, 0.15) is 65.8 Å². The molecule has 0 saturated heterocycles. The minimum atomic E-state index is -0.919. The summed E-state index contributed by atoms with van der Waals surface area (Å²) in [6.07, 6.45) is 4.56. The fraction of sp³-hybridized carbons (Fsp3) is 0.360. The molecule has 0 radical (unpaired) electrons. The lowest BCUT2D eigenvalue weighted by atomic mass is 9.67. The van der Waals surface area contributed by atoms with Gasteiger partial charge in [-0.3, -0.25) is 15.0 Å². The van der Waals surface area contributed by atoms with Crippen LogP contribution >= 0.6 is 0 Å². The third-order valence-electron chi connectivity index (χ3n) is 6.64. The lowest BCUT2D eigenvalue weighted by Gasteiger charge is -2.34. The van der Waals surface area contributed by atoms with Crippen molar-refractivity contribution in [1.29, 1.82) is 5.41 Å². The lowest BCUT2D eigenvalue weighted by Crippen LogP contribution is -2.35. The van der Waals surface area contributed by atoms with Gasteiger partial charge in [0.25, 0.3) is 0 Å². The summed E-state index contributed by atoms with van der Waals surface area (Å²) in [5.41, 5.74) is 8.64. The van der Waals surface area contributed by atoms with Crippen LogP contribution in [0.15, 0.2) is 42.5 Å². The average Bonchev–Trinajstić information content (AvgIpc) is 3.08. The van der Waals surface area contributed by atoms with Crippen LogP contribution in [0.4, 0.5) is 0 Å². The van der Waals surface area contributed by atoms with Crippen molar-refractivity contribution < 1.29 is 14.7 Å². The Morgan fingerprint density at radius 1 is 1.09 bits per heavy atom. The Labute approximate surface area is 186 Å². The van der Waals surface area contributed by atoms with Crippen LogP contribution < -0.4 is 5.73 Å². The molecule has 1 heterocycles. The second kappa shape index (κ2) is 8.57. The first-order chi connectivity index (χ1) is 15.3. The first kappa shape index (κ1) is 21.7. The van der Waals surface area contributed by atoms with Crippen molar-refractivity contribution in [1.82, 2.24) is 9.55 Å². The predicted molar refractivity (Wildman–Crippen MR) is 123 cm³/mol. The zero-order chi connectivity index (χ0) is 22.9. The number of carbonyl (C=O) groups is 2. The number of hydrogen-bond acceptors (Lipinski definition) is 4. The summed E-state index contributed by atoms with van der Waals surface area (Å²) in [7, 11) is 1.95. The van der Waals surface area contributed by atoms with Gasteiger partial charge in [0.2, 0.25) is 0 Å². The number of amidine groups is 1. The Kier molecular flexibility index (Phi) is 5.82. The fourth-order valence-corrected chi connectivity index (χ4v) is 4.84. The smallest absolute Gasteiger partial charge is 0.304 e. The van der Waals surface area contributed by atoms with E-state index in [4.69, 9.17) is 16.1 Å². The highest BCUT2D eigenvalue weighted by atomic mass is 16.4. The van der Waals surface area contributed by atoms with Crippen LogP contribution in [0.5, 0.6) is 0 Å². The number of nitrogens with one attached hydrogen (secondary N) is 1. The summed E-state index contributed by atoms with van der Waals surface area (Å²) in [4.78, 5) is 29.7. The number of nitrogens with two attached hydrogens (primary N) is 1. The molecule has 32 heavy (non-hydrogen) atoms. The summed E-state index contributed by atoms with van der Waals surface area (Å²) in [5.74, 6) is -0.0982. The molecule has 4 rings (SSSR count). The summed E-state index contributed by atoms with van der Waals surface area (Å²) in [6, 6.07) is 13.0. The maximum absolute atomic E-state index is 13.4. The van der Waals surface area contributed by atoms with Crippen LogP contribution in [0.25, 0.3) is 11.0 Å². The Hall–Kier alpha value is -3.48. The van der Waals surface area contributed by atoms with E-state index in [2.05, 4.69) is 0 Å². The molecule has 1 aliphatic carbocycles. The minimum Gasteiger partial charge on any atom is -0.481 e. The van der Waals surface area contributed by atoms with Gasteiger partial charge >= 0.3 is 5.97 Å². The number of nitrogens with zero attached hydrogens (tertiary/aromatic N) is 2. The molecule has 0 atom stereocenters. The van der Waals surface area contributed by atoms with Gasteiger partial charge in [-0.05, 0) is 36.6 Å². The first-order valence-corrected chi connectivity index (χ1v) is 10.9. The van der Waals surface area contributed by atoms with Crippen LogP contribution in [0, 0.1) is 10.8 Å². The number of aryl methyl sites for hydroxylation is 1. The number of Topliss-reactive ketones (excluding diaryl/α,β-unsaturated/α-hetero) is 1. The summed E-state index contributed by atoms with van der Waals surface area (Å²) >= 11 is 0. The Morgan fingerprint density at radius 3 is 2.38 bits per heavy atom. The third kappa shape index (κ3) is 4.15. The normalized spacial score (nSPS) is 15.5. The molecule has 1 aliphatic rings. The molecule has 1 saturated carbocycles. The van der Waals surface area contributed by atoms with E-state index in [1.54, 1.807) is 12.1 Å². The van der Waals surface area contributed by atoms with E-state index in [-0.39, 0.29) is 18.0 Å². The second-order valence-corrected chi connectivity index (χ2v) is 8.82. The van der Waals surface area contributed by atoms with Gasteiger partial charge in [-0.1, -0.05) is 43.5 Å². The van der Waals surface area contributed by atoms with E-state index in [0.29, 0.717) is 30.4 Å². The predicted octanol–water partition coefficient (Wildman–Crippen LogP) is 4.06. The van der Waals surface area contributed by atoms with E-state index < -0.39 is 11.4 Å². The highest BCUT2D eigenvalue weighted by molar-refractivity contribution is 6.04. The van der Waals surface area contributed by atoms with Crippen molar-refractivity contribution in [3.05, 3.63) is 65.0 Å². The lowest BCUT2D eigenvalue weighted by molar-refractivity contribution is -0.139. The van der Waals surface area contributed by atoms with Gasteiger partial charge in [0, 0.05) is 30.0 Å². The van der Waals surface area contributed by atoms with Crippen LogP contribution in [-0.2, 0) is 18.3 Å². The number of carboxylic acids is 1. The number of rotatable bonds is 7. The molecular weight excluding hydrogens is 404 g/mol. The summed E-state index contributed by atoms with van der Waals surface area (Å²) < 4.78 is 2.01. The molecule has 2 aromatic carbocycles. The van der Waals surface area contributed by atoms with Crippen molar-refractivity contribution in [2.75, 3.05) is 0 Å². The van der Waals surface area contributed by atoms with Gasteiger partial charge in [0.15, 0.2) is 5.78 Å². The van der Waals surface area contributed by atoms with Crippen LogP contribution in [0.3, 0.4) is 0 Å². The fourth-order valence-electron chi connectivity index (χ4n) is 4.84. The van der Waals surface area contributed by atoms with E-state index >= 15 is 0 Å².